The second kappa shape index (κ2) is 3.40. The maximum Gasteiger partial charge on any atom is 0.225 e. The van der Waals surface area contributed by atoms with E-state index in [-0.39, 0.29) is 11.8 Å². The van der Waals surface area contributed by atoms with E-state index in [1.54, 1.807) is 7.05 Å². The van der Waals surface area contributed by atoms with Crippen LogP contribution in [0.4, 0.5) is 0 Å². The predicted octanol–water partition coefficient (Wildman–Crippen LogP) is -0.703. The Morgan fingerprint density at radius 1 is 1.82 bits per heavy atom. The Hall–Kier alpha value is -1.01. The molecule has 0 unspecified atom stereocenters. The molecule has 60 valence electrons. The van der Waals surface area contributed by atoms with Crippen molar-refractivity contribution in [3.8, 4) is 12.3 Å². The Morgan fingerprint density at radius 2 is 2.45 bits per heavy atom. The normalized spacial score (nSPS) is 18.5. The molecule has 0 aromatic heterocycles. The maximum absolute atomic E-state index is 11.0. The SMILES string of the molecule is C#CCN1CC(C(=O)NC)C1. The van der Waals surface area contributed by atoms with Crippen molar-refractivity contribution in [2.24, 2.45) is 5.92 Å². The van der Waals surface area contributed by atoms with Gasteiger partial charge in [0.1, 0.15) is 0 Å². The molecule has 1 aliphatic heterocycles. The Kier molecular flexibility index (Phi) is 2.50. The molecule has 0 spiro atoms. The molecule has 1 aliphatic rings. The predicted molar refractivity (Wildman–Crippen MR) is 42.8 cm³/mol. The molecule has 1 fully saturated rings. The number of likely N-dealkylation sites (tertiary alicyclic amines) is 1. The lowest BCUT2D eigenvalue weighted by Gasteiger charge is -2.36. The van der Waals surface area contributed by atoms with Crippen LogP contribution < -0.4 is 5.32 Å². The smallest absolute Gasteiger partial charge is 0.225 e. The highest BCUT2D eigenvalue weighted by Gasteiger charge is 2.30. The molecule has 1 amide bonds. The summed E-state index contributed by atoms with van der Waals surface area (Å²) in [5, 5.41) is 2.61. The van der Waals surface area contributed by atoms with Crippen LogP contribution in [-0.4, -0.2) is 37.5 Å². The summed E-state index contributed by atoms with van der Waals surface area (Å²) in [7, 11) is 1.66. The molecule has 3 heteroatoms. The number of carbonyl (C=O) groups is 1. The van der Waals surface area contributed by atoms with Crippen molar-refractivity contribution < 1.29 is 4.79 Å². The van der Waals surface area contributed by atoms with Crippen LogP contribution >= 0.6 is 0 Å². The Balaban J connectivity index is 2.20. The van der Waals surface area contributed by atoms with Gasteiger partial charge in [-0.15, -0.1) is 6.42 Å². The van der Waals surface area contributed by atoms with Crippen molar-refractivity contribution in [1.29, 1.82) is 0 Å². The van der Waals surface area contributed by atoms with Gasteiger partial charge in [0.15, 0.2) is 0 Å². The molecule has 0 radical (unpaired) electrons. The highest BCUT2D eigenvalue weighted by atomic mass is 16.1. The molecule has 0 aromatic rings. The number of amides is 1. The lowest BCUT2D eigenvalue weighted by atomic mass is 10.00. The van der Waals surface area contributed by atoms with Crippen molar-refractivity contribution in [2.45, 2.75) is 0 Å². The van der Waals surface area contributed by atoms with E-state index in [1.807, 2.05) is 0 Å². The summed E-state index contributed by atoms with van der Waals surface area (Å²) in [6.07, 6.45) is 5.10. The first kappa shape index (κ1) is 8.09. The minimum Gasteiger partial charge on any atom is -0.359 e. The molecule has 11 heavy (non-hydrogen) atoms. The third-order valence-electron chi connectivity index (χ3n) is 1.89. The van der Waals surface area contributed by atoms with E-state index in [0.717, 1.165) is 13.1 Å². The van der Waals surface area contributed by atoms with E-state index in [2.05, 4.69) is 16.1 Å². The largest absolute Gasteiger partial charge is 0.359 e. The van der Waals surface area contributed by atoms with Gasteiger partial charge in [0, 0.05) is 20.1 Å². The topological polar surface area (TPSA) is 32.3 Å². The van der Waals surface area contributed by atoms with Crippen molar-refractivity contribution in [1.82, 2.24) is 10.2 Å². The van der Waals surface area contributed by atoms with Crippen molar-refractivity contribution in [2.75, 3.05) is 26.7 Å². The molecule has 1 heterocycles. The lowest BCUT2D eigenvalue weighted by molar-refractivity contribution is -0.129. The van der Waals surface area contributed by atoms with Crippen LogP contribution in [0.1, 0.15) is 0 Å². The van der Waals surface area contributed by atoms with Gasteiger partial charge in [-0.25, -0.2) is 0 Å². The minimum atomic E-state index is 0.123. The first-order valence-electron chi connectivity index (χ1n) is 3.65. The van der Waals surface area contributed by atoms with Crippen LogP contribution in [0.15, 0.2) is 0 Å². The number of nitrogens with zero attached hydrogens (tertiary/aromatic N) is 1. The van der Waals surface area contributed by atoms with Gasteiger partial charge in [-0.2, -0.15) is 0 Å². The fraction of sp³-hybridized carbons (Fsp3) is 0.625. The van der Waals surface area contributed by atoms with Crippen molar-refractivity contribution in [3.05, 3.63) is 0 Å². The summed E-state index contributed by atoms with van der Waals surface area (Å²) in [5.74, 6) is 2.83. The fourth-order valence-electron chi connectivity index (χ4n) is 1.20. The molecule has 0 aromatic carbocycles. The Labute approximate surface area is 66.8 Å². The van der Waals surface area contributed by atoms with Gasteiger partial charge in [-0.1, -0.05) is 5.92 Å². The van der Waals surface area contributed by atoms with Crippen LogP contribution in [0.25, 0.3) is 0 Å². The van der Waals surface area contributed by atoms with Gasteiger partial charge >= 0.3 is 0 Å². The van der Waals surface area contributed by atoms with Crippen LogP contribution in [0.3, 0.4) is 0 Å². The summed E-state index contributed by atoms with van der Waals surface area (Å²) in [6, 6.07) is 0. The molecule has 0 saturated carbocycles. The van der Waals surface area contributed by atoms with E-state index in [4.69, 9.17) is 6.42 Å². The first-order chi connectivity index (χ1) is 5.27. The highest BCUT2D eigenvalue weighted by Crippen LogP contribution is 2.13. The maximum atomic E-state index is 11.0. The molecule has 0 bridgehead atoms. The molecule has 3 nitrogen and oxygen atoms in total. The van der Waals surface area contributed by atoms with Gasteiger partial charge in [-0.3, -0.25) is 9.69 Å². The van der Waals surface area contributed by atoms with Gasteiger partial charge in [-0.05, 0) is 0 Å². The van der Waals surface area contributed by atoms with Gasteiger partial charge in [0.25, 0.3) is 0 Å². The van der Waals surface area contributed by atoms with E-state index in [9.17, 15) is 4.79 Å². The quantitative estimate of drug-likeness (QED) is 0.530. The number of terminal acetylenes is 1. The molecule has 0 atom stereocenters. The summed E-state index contributed by atoms with van der Waals surface area (Å²) < 4.78 is 0. The summed E-state index contributed by atoms with van der Waals surface area (Å²) in [4.78, 5) is 13.0. The monoisotopic (exact) mass is 152 g/mol. The van der Waals surface area contributed by atoms with Crippen molar-refractivity contribution in [3.63, 3.8) is 0 Å². The second-order valence-corrected chi connectivity index (χ2v) is 2.71. The zero-order chi connectivity index (χ0) is 8.27. The van der Waals surface area contributed by atoms with Crippen LogP contribution in [0.2, 0.25) is 0 Å². The van der Waals surface area contributed by atoms with E-state index >= 15 is 0 Å². The van der Waals surface area contributed by atoms with Crippen molar-refractivity contribution >= 4 is 5.91 Å². The summed E-state index contributed by atoms with van der Waals surface area (Å²) in [5.41, 5.74) is 0. The standard InChI is InChI=1S/C8H12N2O/c1-3-4-10-5-7(6-10)8(11)9-2/h1,7H,4-6H2,2H3,(H,9,11). The molecule has 1 rings (SSSR count). The number of rotatable bonds is 2. The van der Waals surface area contributed by atoms with Gasteiger partial charge in [0.2, 0.25) is 5.91 Å². The molecule has 1 N–H and O–H groups in total. The molecular formula is C8H12N2O. The van der Waals surface area contributed by atoms with E-state index in [0.29, 0.717) is 6.54 Å². The molecule has 1 saturated heterocycles. The third kappa shape index (κ3) is 1.72. The number of hydrogen-bond acceptors (Lipinski definition) is 2. The molecular weight excluding hydrogens is 140 g/mol. The summed E-state index contributed by atoms with van der Waals surface area (Å²) >= 11 is 0. The van der Waals surface area contributed by atoms with Gasteiger partial charge < -0.3 is 5.32 Å². The van der Waals surface area contributed by atoms with E-state index in [1.165, 1.54) is 0 Å². The summed E-state index contributed by atoms with van der Waals surface area (Å²) in [6.45, 7) is 2.28. The van der Waals surface area contributed by atoms with Crippen LogP contribution in [0, 0.1) is 18.3 Å². The second-order valence-electron chi connectivity index (χ2n) is 2.71. The zero-order valence-electron chi connectivity index (χ0n) is 6.63. The Morgan fingerprint density at radius 3 is 2.91 bits per heavy atom. The average Bonchev–Trinajstić information content (AvgIpc) is 1.94. The average molecular weight is 152 g/mol. The van der Waals surface area contributed by atoms with Crippen LogP contribution in [0.5, 0.6) is 0 Å². The van der Waals surface area contributed by atoms with E-state index < -0.39 is 0 Å². The number of hydrogen-bond donors (Lipinski definition) is 1. The minimum absolute atomic E-state index is 0.123. The third-order valence-corrected chi connectivity index (χ3v) is 1.89. The zero-order valence-corrected chi connectivity index (χ0v) is 6.63. The number of nitrogens with one attached hydrogen (secondary N) is 1. The highest BCUT2D eigenvalue weighted by molar-refractivity contribution is 5.79. The van der Waals surface area contributed by atoms with Gasteiger partial charge in [0.05, 0.1) is 12.5 Å². The number of carbonyl (C=O) groups excluding carboxylic acids is 1. The molecule has 0 aliphatic carbocycles. The van der Waals surface area contributed by atoms with Crippen LogP contribution in [-0.2, 0) is 4.79 Å². The first-order valence-corrected chi connectivity index (χ1v) is 3.65. The lowest BCUT2D eigenvalue weighted by Crippen LogP contribution is -2.52. The Bertz CT molecular complexity index is 189. The fourth-order valence-corrected chi connectivity index (χ4v) is 1.20.